The van der Waals surface area contributed by atoms with Gasteiger partial charge in [-0.2, -0.15) is 0 Å². The van der Waals surface area contributed by atoms with Gasteiger partial charge in [0, 0.05) is 31.8 Å². The number of carbonyl (C=O) groups excluding carboxylic acids is 1. The molecule has 0 radical (unpaired) electrons. The molecule has 2 rings (SSSR count). The SMILES string of the molecule is CN(C)c1ccc(C(=O)C/C=C/c2ccc(F)cc2)cc1. The second kappa shape index (κ2) is 6.84. The van der Waals surface area contributed by atoms with Crippen LogP contribution in [0.3, 0.4) is 0 Å². The maximum atomic E-state index is 12.8. The van der Waals surface area contributed by atoms with E-state index >= 15 is 0 Å². The zero-order valence-corrected chi connectivity index (χ0v) is 12.2. The average molecular weight is 283 g/mol. The molecule has 0 aliphatic rings. The quantitative estimate of drug-likeness (QED) is 0.767. The second-order valence-corrected chi connectivity index (χ2v) is 5.02. The molecule has 2 nitrogen and oxygen atoms in total. The van der Waals surface area contributed by atoms with Crippen molar-refractivity contribution in [2.24, 2.45) is 0 Å². The summed E-state index contributed by atoms with van der Waals surface area (Å²) in [6, 6.07) is 13.7. The summed E-state index contributed by atoms with van der Waals surface area (Å²) in [5.41, 5.74) is 2.64. The molecule has 3 heteroatoms. The van der Waals surface area contributed by atoms with E-state index < -0.39 is 0 Å². The molecular weight excluding hydrogens is 265 g/mol. The van der Waals surface area contributed by atoms with E-state index in [9.17, 15) is 9.18 Å². The molecule has 0 aliphatic heterocycles. The molecule has 0 aromatic heterocycles. The first-order valence-corrected chi connectivity index (χ1v) is 6.79. The van der Waals surface area contributed by atoms with Crippen molar-refractivity contribution in [3.8, 4) is 0 Å². The third kappa shape index (κ3) is 4.28. The van der Waals surface area contributed by atoms with Crippen LogP contribution >= 0.6 is 0 Å². The number of benzene rings is 2. The fourth-order valence-electron chi connectivity index (χ4n) is 1.94. The van der Waals surface area contributed by atoms with Gasteiger partial charge in [0.2, 0.25) is 0 Å². The van der Waals surface area contributed by atoms with Gasteiger partial charge in [-0.15, -0.1) is 0 Å². The summed E-state index contributed by atoms with van der Waals surface area (Å²) < 4.78 is 12.8. The smallest absolute Gasteiger partial charge is 0.166 e. The van der Waals surface area contributed by atoms with Crippen LogP contribution in [0.15, 0.2) is 54.6 Å². The fourth-order valence-corrected chi connectivity index (χ4v) is 1.94. The second-order valence-electron chi connectivity index (χ2n) is 5.02. The number of allylic oxidation sites excluding steroid dienone is 1. The lowest BCUT2D eigenvalue weighted by atomic mass is 10.1. The molecule has 0 atom stereocenters. The van der Waals surface area contributed by atoms with Crippen molar-refractivity contribution in [2.75, 3.05) is 19.0 Å². The van der Waals surface area contributed by atoms with Crippen LogP contribution in [-0.2, 0) is 0 Å². The van der Waals surface area contributed by atoms with Crippen molar-refractivity contribution in [1.82, 2.24) is 0 Å². The van der Waals surface area contributed by atoms with Gasteiger partial charge in [0.15, 0.2) is 5.78 Å². The Balaban J connectivity index is 1.96. The first-order chi connectivity index (χ1) is 10.1. The average Bonchev–Trinajstić information content (AvgIpc) is 2.49. The van der Waals surface area contributed by atoms with E-state index in [0.29, 0.717) is 12.0 Å². The molecule has 0 unspecified atom stereocenters. The molecule has 2 aromatic rings. The van der Waals surface area contributed by atoms with Crippen LogP contribution in [0.5, 0.6) is 0 Å². The molecule has 0 N–H and O–H groups in total. The third-order valence-corrected chi connectivity index (χ3v) is 3.19. The predicted molar refractivity (Wildman–Crippen MR) is 85.2 cm³/mol. The van der Waals surface area contributed by atoms with Crippen LogP contribution in [0.1, 0.15) is 22.3 Å². The van der Waals surface area contributed by atoms with Crippen molar-refractivity contribution in [3.05, 3.63) is 71.6 Å². The molecule has 0 aliphatic carbocycles. The highest BCUT2D eigenvalue weighted by atomic mass is 19.1. The number of hydrogen-bond acceptors (Lipinski definition) is 2. The van der Waals surface area contributed by atoms with Gasteiger partial charge < -0.3 is 4.90 Å². The molecule has 2 aromatic carbocycles. The van der Waals surface area contributed by atoms with Gasteiger partial charge in [0.05, 0.1) is 0 Å². The standard InChI is InChI=1S/C18H18FNO/c1-20(2)17-12-8-15(9-13-17)18(21)5-3-4-14-6-10-16(19)11-7-14/h3-4,6-13H,5H2,1-2H3/b4-3+. The van der Waals surface area contributed by atoms with Crippen LogP contribution < -0.4 is 4.90 Å². The van der Waals surface area contributed by atoms with Crippen LogP contribution in [0, 0.1) is 5.82 Å². The largest absolute Gasteiger partial charge is 0.378 e. The molecule has 0 saturated carbocycles. The summed E-state index contributed by atoms with van der Waals surface area (Å²) in [6.45, 7) is 0. The minimum Gasteiger partial charge on any atom is -0.378 e. The zero-order valence-electron chi connectivity index (χ0n) is 12.2. The summed E-state index contributed by atoms with van der Waals surface area (Å²) in [4.78, 5) is 14.0. The first kappa shape index (κ1) is 15.0. The highest BCUT2D eigenvalue weighted by Gasteiger charge is 2.04. The van der Waals surface area contributed by atoms with Crippen LogP contribution in [0.4, 0.5) is 10.1 Å². The zero-order chi connectivity index (χ0) is 15.2. The highest BCUT2D eigenvalue weighted by molar-refractivity contribution is 5.97. The fraction of sp³-hybridized carbons (Fsp3) is 0.167. The normalized spacial score (nSPS) is 10.8. The van der Waals surface area contributed by atoms with Crippen molar-refractivity contribution in [2.45, 2.75) is 6.42 Å². The molecule has 0 fully saturated rings. The summed E-state index contributed by atoms with van der Waals surface area (Å²) in [7, 11) is 3.92. The van der Waals surface area contributed by atoms with Crippen molar-refractivity contribution in [1.29, 1.82) is 0 Å². The number of halogens is 1. The van der Waals surface area contributed by atoms with Gasteiger partial charge >= 0.3 is 0 Å². The molecule has 0 heterocycles. The van der Waals surface area contributed by atoms with E-state index in [1.165, 1.54) is 12.1 Å². The monoisotopic (exact) mass is 283 g/mol. The van der Waals surface area contributed by atoms with Gasteiger partial charge in [-0.1, -0.05) is 24.3 Å². The lowest BCUT2D eigenvalue weighted by Crippen LogP contribution is -2.08. The number of hydrogen-bond donors (Lipinski definition) is 0. The van der Waals surface area contributed by atoms with E-state index in [2.05, 4.69) is 0 Å². The van der Waals surface area contributed by atoms with Gasteiger partial charge in [-0.25, -0.2) is 4.39 Å². The summed E-state index contributed by atoms with van der Waals surface area (Å²) in [5.74, 6) is -0.192. The van der Waals surface area contributed by atoms with Crippen LogP contribution in [-0.4, -0.2) is 19.9 Å². The Morgan fingerprint density at radius 1 is 1.05 bits per heavy atom. The number of ketones is 1. The lowest BCUT2D eigenvalue weighted by molar-refractivity contribution is 0.0996. The van der Waals surface area contributed by atoms with Crippen LogP contribution in [0.2, 0.25) is 0 Å². The maximum absolute atomic E-state index is 12.8. The van der Waals surface area contributed by atoms with Gasteiger partial charge in [-0.05, 0) is 42.0 Å². The topological polar surface area (TPSA) is 20.3 Å². The van der Waals surface area contributed by atoms with Crippen molar-refractivity contribution in [3.63, 3.8) is 0 Å². The lowest BCUT2D eigenvalue weighted by Gasteiger charge is -2.12. The number of Topliss-reactive ketones (excluding diaryl/α,β-unsaturated/α-hetero) is 1. The molecule has 21 heavy (non-hydrogen) atoms. The maximum Gasteiger partial charge on any atom is 0.166 e. The Labute approximate surface area is 124 Å². The first-order valence-electron chi connectivity index (χ1n) is 6.79. The molecule has 0 spiro atoms. The minimum atomic E-state index is -0.260. The molecule has 108 valence electrons. The van der Waals surface area contributed by atoms with E-state index in [1.807, 2.05) is 49.3 Å². The van der Waals surface area contributed by atoms with Gasteiger partial charge in [0.1, 0.15) is 5.82 Å². The van der Waals surface area contributed by atoms with Gasteiger partial charge in [-0.3, -0.25) is 4.79 Å². The number of nitrogens with zero attached hydrogens (tertiary/aromatic N) is 1. The predicted octanol–water partition coefficient (Wildman–Crippen LogP) is 4.18. The van der Waals surface area contributed by atoms with Crippen LogP contribution in [0.25, 0.3) is 6.08 Å². The number of anilines is 1. The minimum absolute atomic E-state index is 0.0682. The molecular formula is C18H18FNO. The summed E-state index contributed by atoms with van der Waals surface area (Å²) in [5, 5.41) is 0. The Morgan fingerprint density at radius 3 is 2.24 bits per heavy atom. The number of carbonyl (C=O) groups is 1. The van der Waals surface area contributed by atoms with E-state index in [0.717, 1.165) is 11.3 Å². The molecule has 0 amide bonds. The van der Waals surface area contributed by atoms with Gasteiger partial charge in [0.25, 0.3) is 0 Å². The summed E-state index contributed by atoms with van der Waals surface area (Å²) >= 11 is 0. The Morgan fingerprint density at radius 2 is 1.67 bits per heavy atom. The van der Waals surface area contributed by atoms with E-state index in [-0.39, 0.29) is 11.6 Å². The summed E-state index contributed by atoms with van der Waals surface area (Å²) in [6.07, 6.45) is 3.96. The number of rotatable bonds is 5. The van der Waals surface area contributed by atoms with Crippen molar-refractivity contribution < 1.29 is 9.18 Å². The van der Waals surface area contributed by atoms with E-state index in [1.54, 1.807) is 18.2 Å². The highest BCUT2D eigenvalue weighted by Crippen LogP contribution is 2.14. The Kier molecular flexibility index (Phi) is 4.88. The molecule has 0 saturated heterocycles. The third-order valence-electron chi connectivity index (χ3n) is 3.19. The Hall–Kier alpha value is -2.42. The van der Waals surface area contributed by atoms with E-state index in [4.69, 9.17) is 0 Å². The van der Waals surface area contributed by atoms with Crippen molar-refractivity contribution >= 4 is 17.5 Å². The molecule has 0 bridgehead atoms. The Bertz CT molecular complexity index is 627.